The molecule has 0 spiro atoms. The van der Waals surface area contributed by atoms with E-state index in [1.165, 1.54) is 0 Å². The number of anilines is 1. The van der Waals surface area contributed by atoms with Gasteiger partial charge in [0.25, 0.3) is 5.91 Å². The highest BCUT2D eigenvalue weighted by Gasteiger charge is 2.12. The zero-order valence-electron chi connectivity index (χ0n) is 12.8. The summed E-state index contributed by atoms with van der Waals surface area (Å²) in [6.07, 6.45) is 3.25. The molecule has 0 saturated heterocycles. The largest absolute Gasteiger partial charge is 0.322 e. The van der Waals surface area contributed by atoms with E-state index in [0.717, 1.165) is 11.0 Å². The van der Waals surface area contributed by atoms with Gasteiger partial charge in [-0.3, -0.25) is 4.79 Å². The number of nitrogens with one attached hydrogen (secondary N) is 1. The Kier molecular flexibility index (Phi) is 3.77. The Labute approximate surface area is 133 Å². The molecular weight excluding hydrogens is 290 g/mol. The fourth-order valence-corrected chi connectivity index (χ4v) is 2.27. The van der Waals surface area contributed by atoms with Crippen LogP contribution >= 0.6 is 0 Å². The fourth-order valence-electron chi connectivity index (χ4n) is 2.27. The normalized spacial score (nSPS) is 10.7. The summed E-state index contributed by atoms with van der Waals surface area (Å²) in [4.78, 5) is 16.7. The second kappa shape index (κ2) is 5.89. The first kappa shape index (κ1) is 14.7. The van der Waals surface area contributed by atoms with Crippen molar-refractivity contribution in [1.82, 2.24) is 14.8 Å². The number of aromatic nitrogens is 3. The molecule has 1 N–H and O–H groups in total. The summed E-state index contributed by atoms with van der Waals surface area (Å²) in [5.41, 5.74) is 2.40. The topological polar surface area (TPSA) is 83.6 Å². The maximum absolute atomic E-state index is 12.3. The van der Waals surface area contributed by atoms with Crippen LogP contribution in [0, 0.1) is 11.3 Å². The number of carbonyl (C=O) groups excluding carboxylic acids is 1. The predicted molar refractivity (Wildman–Crippen MR) is 87.0 cm³/mol. The number of nitrogens with zero attached hydrogens (tertiary/aromatic N) is 4. The molecule has 0 aliphatic heterocycles. The molecule has 0 aliphatic carbocycles. The third-order valence-electron chi connectivity index (χ3n) is 3.46. The van der Waals surface area contributed by atoms with Crippen molar-refractivity contribution in [2.24, 2.45) is 0 Å². The monoisotopic (exact) mass is 305 g/mol. The number of carbonyl (C=O) groups is 1. The number of hydrogen-bond donors (Lipinski definition) is 1. The molecule has 3 rings (SSSR count). The lowest BCUT2D eigenvalue weighted by Crippen LogP contribution is -2.12. The second-order valence-electron chi connectivity index (χ2n) is 5.46. The average molecular weight is 305 g/mol. The van der Waals surface area contributed by atoms with Crippen molar-refractivity contribution in [1.29, 1.82) is 5.26 Å². The molecule has 0 unspecified atom stereocenters. The van der Waals surface area contributed by atoms with Gasteiger partial charge in [-0.15, -0.1) is 0 Å². The van der Waals surface area contributed by atoms with Crippen LogP contribution < -0.4 is 5.32 Å². The van der Waals surface area contributed by atoms with Gasteiger partial charge in [-0.1, -0.05) is 0 Å². The van der Waals surface area contributed by atoms with Gasteiger partial charge in [-0.05, 0) is 44.2 Å². The molecule has 6 nitrogen and oxygen atoms in total. The first-order valence-electron chi connectivity index (χ1n) is 7.23. The zero-order valence-corrected chi connectivity index (χ0v) is 12.8. The summed E-state index contributed by atoms with van der Waals surface area (Å²) in [6.45, 7) is 4.05. The van der Waals surface area contributed by atoms with Crippen LogP contribution in [0.3, 0.4) is 0 Å². The predicted octanol–water partition coefficient (Wildman–Crippen LogP) is 3.14. The van der Waals surface area contributed by atoms with Crippen LogP contribution in [0.25, 0.3) is 11.0 Å². The van der Waals surface area contributed by atoms with Crippen LogP contribution in [0.2, 0.25) is 0 Å². The first-order chi connectivity index (χ1) is 11.1. The van der Waals surface area contributed by atoms with Gasteiger partial charge in [0.05, 0.1) is 23.4 Å². The molecule has 0 atom stereocenters. The third kappa shape index (κ3) is 2.90. The maximum atomic E-state index is 12.3. The van der Waals surface area contributed by atoms with Gasteiger partial charge >= 0.3 is 0 Å². The van der Waals surface area contributed by atoms with Crippen LogP contribution in [0.15, 0.2) is 42.7 Å². The number of pyridine rings is 1. The highest BCUT2D eigenvalue weighted by molar-refractivity contribution is 6.05. The lowest BCUT2D eigenvalue weighted by molar-refractivity contribution is 0.102. The lowest BCUT2D eigenvalue weighted by atomic mass is 10.2. The molecule has 0 bridgehead atoms. The molecular formula is C17H15N5O. The van der Waals surface area contributed by atoms with Crippen molar-refractivity contribution in [2.75, 3.05) is 5.32 Å². The van der Waals surface area contributed by atoms with Crippen molar-refractivity contribution in [3.8, 4) is 6.07 Å². The highest BCUT2D eigenvalue weighted by Crippen LogP contribution is 2.17. The molecule has 2 aromatic heterocycles. The van der Waals surface area contributed by atoms with E-state index in [9.17, 15) is 4.79 Å². The lowest BCUT2D eigenvalue weighted by Gasteiger charge is -2.07. The van der Waals surface area contributed by atoms with E-state index >= 15 is 0 Å². The molecule has 114 valence electrons. The Hall–Kier alpha value is -3.20. The van der Waals surface area contributed by atoms with Crippen molar-refractivity contribution >= 4 is 22.6 Å². The van der Waals surface area contributed by atoms with Gasteiger partial charge in [0, 0.05) is 23.3 Å². The van der Waals surface area contributed by atoms with Gasteiger partial charge in [0.2, 0.25) is 0 Å². The van der Waals surface area contributed by atoms with E-state index < -0.39 is 0 Å². The van der Waals surface area contributed by atoms with Crippen molar-refractivity contribution in [2.45, 2.75) is 19.9 Å². The van der Waals surface area contributed by atoms with Crippen LogP contribution in [0.5, 0.6) is 0 Å². The maximum Gasteiger partial charge on any atom is 0.257 e. The Bertz CT molecular complexity index is 903. The summed E-state index contributed by atoms with van der Waals surface area (Å²) in [5, 5.41) is 16.7. The minimum absolute atomic E-state index is 0.207. The van der Waals surface area contributed by atoms with E-state index in [-0.39, 0.29) is 11.9 Å². The van der Waals surface area contributed by atoms with Crippen molar-refractivity contribution in [3.05, 3.63) is 53.9 Å². The average Bonchev–Trinajstić information content (AvgIpc) is 2.98. The molecule has 0 aliphatic rings. The van der Waals surface area contributed by atoms with Crippen LogP contribution in [0.4, 0.5) is 5.69 Å². The first-order valence-corrected chi connectivity index (χ1v) is 7.23. The number of benzene rings is 1. The number of rotatable bonds is 3. The Morgan fingerprint density at radius 3 is 2.65 bits per heavy atom. The summed E-state index contributed by atoms with van der Waals surface area (Å²) in [7, 11) is 0. The summed E-state index contributed by atoms with van der Waals surface area (Å²) >= 11 is 0. The van der Waals surface area contributed by atoms with Gasteiger partial charge in [-0.2, -0.15) is 10.4 Å². The molecule has 6 heteroatoms. The van der Waals surface area contributed by atoms with Gasteiger partial charge in [-0.25, -0.2) is 9.67 Å². The molecule has 0 saturated carbocycles. The molecule has 23 heavy (non-hydrogen) atoms. The molecule has 3 aromatic rings. The van der Waals surface area contributed by atoms with Gasteiger partial charge < -0.3 is 5.32 Å². The van der Waals surface area contributed by atoms with Crippen molar-refractivity contribution in [3.63, 3.8) is 0 Å². The number of amides is 1. The molecule has 1 aromatic carbocycles. The van der Waals surface area contributed by atoms with Gasteiger partial charge in [0.1, 0.15) is 0 Å². The number of fused-ring (bicyclic) bond motifs is 1. The second-order valence-corrected chi connectivity index (χ2v) is 5.46. The van der Waals surface area contributed by atoms with Crippen LogP contribution in [-0.2, 0) is 0 Å². The smallest absolute Gasteiger partial charge is 0.257 e. The standard InChI is InChI=1S/C17H15N5O/c1-11(2)22-16-13(10-20-22)7-14(9-19-16)17(23)21-15-5-3-12(8-18)4-6-15/h3-7,9-11H,1-2H3,(H,21,23). The summed E-state index contributed by atoms with van der Waals surface area (Å²) < 4.78 is 1.82. The number of nitriles is 1. The molecule has 2 heterocycles. The summed E-state index contributed by atoms with van der Waals surface area (Å²) in [5.74, 6) is -0.249. The molecule has 0 radical (unpaired) electrons. The van der Waals surface area contributed by atoms with Gasteiger partial charge in [0.15, 0.2) is 5.65 Å². The fraction of sp³-hybridized carbons (Fsp3) is 0.176. The summed E-state index contributed by atoms with van der Waals surface area (Å²) in [6, 6.07) is 10.7. The minimum atomic E-state index is -0.249. The van der Waals surface area contributed by atoms with Crippen molar-refractivity contribution < 1.29 is 4.79 Å². The SMILES string of the molecule is CC(C)n1ncc2cc(C(=O)Nc3ccc(C#N)cc3)cnc21. The quantitative estimate of drug-likeness (QED) is 0.805. The Balaban J connectivity index is 1.84. The Morgan fingerprint density at radius 1 is 1.26 bits per heavy atom. The van der Waals surface area contributed by atoms with E-state index in [0.29, 0.717) is 16.8 Å². The third-order valence-corrected chi connectivity index (χ3v) is 3.46. The highest BCUT2D eigenvalue weighted by atomic mass is 16.1. The zero-order chi connectivity index (χ0) is 16.4. The van der Waals surface area contributed by atoms with E-state index in [4.69, 9.17) is 5.26 Å². The number of hydrogen-bond acceptors (Lipinski definition) is 4. The Morgan fingerprint density at radius 2 is 2.00 bits per heavy atom. The van der Waals surface area contributed by atoms with E-state index in [2.05, 4.69) is 15.4 Å². The minimum Gasteiger partial charge on any atom is -0.322 e. The molecule has 0 fully saturated rings. The van der Waals surface area contributed by atoms with E-state index in [1.807, 2.05) is 24.6 Å². The molecule has 1 amide bonds. The van der Waals surface area contributed by atoms with E-state index in [1.54, 1.807) is 42.7 Å². The van der Waals surface area contributed by atoms with Crippen LogP contribution in [0.1, 0.15) is 35.8 Å². The van der Waals surface area contributed by atoms with Crippen LogP contribution in [-0.4, -0.2) is 20.7 Å².